The molecule has 0 saturated carbocycles. The molecule has 0 aliphatic heterocycles. The standard InChI is InChI=1S/C15H23BrFN/c1-4-18-15(11(2)3)7-5-6-12-8-9-13(16)10-14(12)17/h8-11,15,18H,4-7H2,1-3H3. The van der Waals surface area contributed by atoms with Crippen LogP contribution in [-0.2, 0) is 6.42 Å². The molecular weight excluding hydrogens is 293 g/mol. The molecule has 18 heavy (non-hydrogen) atoms. The number of aryl methyl sites for hydroxylation is 1. The fourth-order valence-electron chi connectivity index (χ4n) is 2.17. The highest BCUT2D eigenvalue weighted by Crippen LogP contribution is 2.18. The molecule has 1 aromatic rings. The van der Waals surface area contributed by atoms with Gasteiger partial charge in [0.25, 0.3) is 0 Å². The highest BCUT2D eigenvalue weighted by Gasteiger charge is 2.12. The molecule has 1 nitrogen and oxygen atoms in total. The highest BCUT2D eigenvalue weighted by molar-refractivity contribution is 9.10. The van der Waals surface area contributed by atoms with E-state index in [1.165, 1.54) is 0 Å². The monoisotopic (exact) mass is 315 g/mol. The van der Waals surface area contributed by atoms with E-state index in [0.717, 1.165) is 35.8 Å². The Bertz CT molecular complexity index is 366. The summed E-state index contributed by atoms with van der Waals surface area (Å²) >= 11 is 3.28. The zero-order chi connectivity index (χ0) is 13.5. The van der Waals surface area contributed by atoms with E-state index in [0.29, 0.717) is 12.0 Å². The van der Waals surface area contributed by atoms with Gasteiger partial charge in [-0.05, 0) is 49.4 Å². The van der Waals surface area contributed by atoms with Crippen LogP contribution in [0.15, 0.2) is 22.7 Å². The molecule has 0 amide bonds. The van der Waals surface area contributed by atoms with Crippen molar-refractivity contribution in [3.8, 4) is 0 Å². The highest BCUT2D eigenvalue weighted by atomic mass is 79.9. The molecule has 0 heterocycles. The van der Waals surface area contributed by atoms with E-state index in [9.17, 15) is 4.39 Å². The van der Waals surface area contributed by atoms with Crippen LogP contribution in [0.2, 0.25) is 0 Å². The largest absolute Gasteiger partial charge is 0.314 e. The summed E-state index contributed by atoms with van der Waals surface area (Å²) in [5, 5.41) is 3.49. The first-order chi connectivity index (χ1) is 8.54. The maximum Gasteiger partial charge on any atom is 0.127 e. The van der Waals surface area contributed by atoms with Crippen molar-refractivity contribution >= 4 is 15.9 Å². The summed E-state index contributed by atoms with van der Waals surface area (Å²) in [7, 11) is 0. The van der Waals surface area contributed by atoms with Crippen LogP contribution in [0.25, 0.3) is 0 Å². The lowest BCUT2D eigenvalue weighted by atomic mass is 9.96. The third kappa shape index (κ3) is 5.07. The molecule has 0 fully saturated rings. The van der Waals surface area contributed by atoms with E-state index in [4.69, 9.17) is 0 Å². The summed E-state index contributed by atoms with van der Waals surface area (Å²) in [5.41, 5.74) is 0.817. The summed E-state index contributed by atoms with van der Waals surface area (Å²) in [6.45, 7) is 7.58. The summed E-state index contributed by atoms with van der Waals surface area (Å²) in [4.78, 5) is 0. The Hall–Kier alpha value is -0.410. The molecule has 3 heteroatoms. The van der Waals surface area contributed by atoms with E-state index >= 15 is 0 Å². The number of hydrogen-bond acceptors (Lipinski definition) is 1. The summed E-state index contributed by atoms with van der Waals surface area (Å²) < 4.78 is 14.4. The first-order valence-corrected chi connectivity index (χ1v) is 7.51. The molecule has 1 N–H and O–H groups in total. The van der Waals surface area contributed by atoms with E-state index in [2.05, 4.69) is 42.0 Å². The van der Waals surface area contributed by atoms with Gasteiger partial charge in [-0.1, -0.05) is 42.8 Å². The van der Waals surface area contributed by atoms with E-state index < -0.39 is 0 Å². The van der Waals surface area contributed by atoms with Crippen LogP contribution in [-0.4, -0.2) is 12.6 Å². The average molecular weight is 316 g/mol. The quantitative estimate of drug-likeness (QED) is 0.778. The normalized spacial score (nSPS) is 13.0. The Labute approximate surface area is 118 Å². The number of benzene rings is 1. The average Bonchev–Trinajstić information content (AvgIpc) is 2.30. The minimum atomic E-state index is -0.103. The Kier molecular flexibility index (Phi) is 6.87. The molecule has 0 aromatic heterocycles. The first kappa shape index (κ1) is 15.6. The Morgan fingerprint density at radius 1 is 1.33 bits per heavy atom. The molecule has 1 aromatic carbocycles. The molecule has 0 bridgehead atoms. The van der Waals surface area contributed by atoms with Crippen LogP contribution in [0, 0.1) is 11.7 Å². The van der Waals surface area contributed by atoms with Crippen LogP contribution in [0.5, 0.6) is 0 Å². The lowest BCUT2D eigenvalue weighted by Gasteiger charge is -2.21. The maximum absolute atomic E-state index is 13.6. The number of nitrogens with one attached hydrogen (secondary N) is 1. The lowest BCUT2D eigenvalue weighted by molar-refractivity contribution is 0.376. The smallest absolute Gasteiger partial charge is 0.127 e. The van der Waals surface area contributed by atoms with Gasteiger partial charge in [0, 0.05) is 10.5 Å². The zero-order valence-electron chi connectivity index (χ0n) is 11.5. The predicted octanol–water partition coefficient (Wildman–Crippen LogP) is 4.55. The van der Waals surface area contributed by atoms with Crippen LogP contribution in [0.1, 0.15) is 39.2 Å². The van der Waals surface area contributed by atoms with Crippen molar-refractivity contribution in [2.75, 3.05) is 6.54 Å². The number of halogens is 2. The Balaban J connectivity index is 2.45. The van der Waals surface area contributed by atoms with Gasteiger partial charge in [0.2, 0.25) is 0 Å². The second-order valence-corrected chi connectivity index (χ2v) is 5.95. The van der Waals surface area contributed by atoms with Crippen molar-refractivity contribution in [1.29, 1.82) is 0 Å². The van der Waals surface area contributed by atoms with Gasteiger partial charge in [0.1, 0.15) is 5.82 Å². The fourth-order valence-corrected chi connectivity index (χ4v) is 2.50. The van der Waals surface area contributed by atoms with Crippen LogP contribution < -0.4 is 5.32 Å². The molecule has 0 saturated heterocycles. The minimum Gasteiger partial charge on any atom is -0.314 e. The fraction of sp³-hybridized carbons (Fsp3) is 0.600. The van der Waals surface area contributed by atoms with Crippen molar-refractivity contribution in [2.45, 2.75) is 46.1 Å². The van der Waals surface area contributed by atoms with Gasteiger partial charge in [-0.25, -0.2) is 4.39 Å². The van der Waals surface area contributed by atoms with E-state index in [-0.39, 0.29) is 5.82 Å². The van der Waals surface area contributed by atoms with Crippen molar-refractivity contribution < 1.29 is 4.39 Å². The van der Waals surface area contributed by atoms with Crippen molar-refractivity contribution in [3.63, 3.8) is 0 Å². The third-order valence-corrected chi connectivity index (χ3v) is 3.74. The van der Waals surface area contributed by atoms with Crippen molar-refractivity contribution in [2.24, 2.45) is 5.92 Å². The van der Waals surface area contributed by atoms with E-state index in [1.54, 1.807) is 6.07 Å². The van der Waals surface area contributed by atoms with Gasteiger partial charge in [-0.2, -0.15) is 0 Å². The van der Waals surface area contributed by atoms with Gasteiger partial charge in [0.05, 0.1) is 0 Å². The van der Waals surface area contributed by atoms with Crippen molar-refractivity contribution in [1.82, 2.24) is 5.32 Å². The molecular formula is C15H23BrFN. The Morgan fingerprint density at radius 3 is 2.61 bits per heavy atom. The predicted molar refractivity (Wildman–Crippen MR) is 79.3 cm³/mol. The molecule has 0 spiro atoms. The zero-order valence-corrected chi connectivity index (χ0v) is 13.1. The third-order valence-electron chi connectivity index (χ3n) is 3.25. The van der Waals surface area contributed by atoms with Gasteiger partial charge < -0.3 is 5.32 Å². The van der Waals surface area contributed by atoms with Gasteiger partial charge in [-0.15, -0.1) is 0 Å². The van der Waals surface area contributed by atoms with Crippen LogP contribution in [0.3, 0.4) is 0 Å². The van der Waals surface area contributed by atoms with Crippen LogP contribution in [0.4, 0.5) is 4.39 Å². The molecule has 0 aliphatic rings. The number of hydrogen-bond donors (Lipinski definition) is 1. The molecule has 0 aliphatic carbocycles. The maximum atomic E-state index is 13.6. The second-order valence-electron chi connectivity index (χ2n) is 5.04. The topological polar surface area (TPSA) is 12.0 Å². The lowest BCUT2D eigenvalue weighted by Crippen LogP contribution is -2.33. The first-order valence-electron chi connectivity index (χ1n) is 6.72. The van der Waals surface area contributed by atoms with Gasteiger partial charge >= 0.3 is 0 Å². The van der Waals surface area contributed by atoms with Gasteiger partial charge in [-0.3, -0.25) is 0 Å². The molecule has 1 rings (SSSR count). The summed E-state index contributed by atoms with van der Waals surface area (Å²) in [6.07, 6.45) is 2.93. The summed E-state index contributed by atoms with van der Waals surface area (Å²) in [5.74, 6) is 0.522. The van der Waals surface area contributed by atoms with E-state index in [1.807, 2.05) is 12.1 Å². The SMILES string of the molecule is CCNC(CCCc1ccc(Br)cc1F)C(C)C. The second kappa shape index (κ2) is 7.90. The molecule has 102 valence electrons. The Morgan fingerprint density at radius 2 is 2.06 bits per heavy atom. The molecule has 0 radical (unpaired) electrons. The molecule has 1 atom stereocenters. The van der Waals surface area contributed by atoms with Gasteiger partial charge in [0.15, 0.2) is 0 Å². The number of rotatable bonds is 7. The van der Waals surface area contributed by atoms with Crippen LogP contribution >= 0.6 is 15.9 Å². The van der Waals surface area contributed by atoms with Crippen molar-refractivity contribution in [3.05, 3.63) is 34.1 Å². The summed E-state index contributed by atoms with van der Waals surface area (Å²) in [6, 6.07) is 5.85. The minimum absolute atomic E-state index is 0.103. The molecule has 1 unspecified atom stereocenters.